The summed E-state index contributed by atoms with van der Waals surface area (Å²) >= 11 is 0. The highest BCUT2D eigenvalue weighted by atomic mass is 16.6. The van der Waals surface area contributed by atoms with Crippen molar-refractivity contribution in [3.8, 4) is 5.75 Å². The Morgan fingerprint density at radius 2 is 1.68 bits per heavy atom. The summed E-state index contributed by atoms with van der Waals surface area (Å²) in [6.07, 6.45) is 1.17. The lowest BCUT2D eigenvalue weighted by Crippen LogP contribution is -2.48. The van der Waals surface area contributed by atoms with Crippen LogP contribution in [0.2, 0.25) is 0 Å². The molecule has 0 aliphatic carbocycles. The number of nitro groups is 1. The van der Waals surface area contributed by atoms with Crippen LogP contribution < -0.4 is 9.64 Å². The molecule has 7 nitrogen and oxygen atoms in total. The molecule has 0 aromatic heterocycles. The number of ether oxygens (including phenoxy) is 1. The van der Waals surface area contributed by atoms with Crippen LogP contribution in [0.1, 0.15) is 18.4 Å². The molecule has 0 N–H and O–H groups in total. The van der Waals surface area contributed by atoms with E-state index in [4.69, 9.17) is 4.74 Å². The maximum atomic E-state index is 12.4. The van der Waals surface area contributed by atoms with Gasteiger partial charge in [-0.25, -0.2) is 0 Å². The molecule has 1 aliphatic rings. The summed E-state index contributed by atoms with van der Waals surface area (Å²) in [4.78, 5) is 26.8. The fourth-order valence-electron chi connectivity index (χ4n) is 3.21. The number of amides is 1. The van der Waals surface area contributed by atoms with Gasteiger partial charge in [-0.05, 0) is 37.6 Å². The summed E-state index contributed by atoms with van der Waals surface area (Å²) in [5, 5.41) is 10.7. The first-order valence-electron chi connectivity index (χ1n) is 9.49. The largest absolute Gasteiger partial charge is 0.494 e. The smallest absolute Gasteiger partial charge is 0.269 e. The van der Waals surface area contributed by atoms with E-state index >= 15 is 0 Å². The van der Waals surface area contributed by atoms with Crippen molar-refractivity contribution < 1.29 is 14.5 Å². The van der Waals surface area contributed by atoms with Gasteiger partial charge in [0.25, 0.3) is 5.69 Å². The van der Waals surface area contributed by atoms with Crippen molar-refractivity contribution in [3.05, 3.63) is 64.2 Å². The number of anilines is 1. The first-order valence-corrected chi connectivity index (χ1v) is 9.49. The topological polar surface area (TPSA) is 75.9 Å². The Kier molecular flexibility index (Phi) is 6.47. The summed E-state index contributed by atoms with van der Waals surface area (Å²) in [5.74, 6) is 0.977. The number of nitrogens with zero attached hydrogens (tertiary/aromatic N) is 3. The van der Waals surface area contributed by atoms with Crippen molar-refractivity contribution in [2.24, 2.45) is 0 Å². The Morgan fingerprint density at radius 3 is 2.29 bits per heavy atom. The van der Waals surface area contributed by atoms with E-state index in [9.17, 15) is 14.9 Å². The molecular formula is C21H25N3O4. The van der Waals surface area contributed by atoms with Crippen LogP contribution in [0.15, 0.2) is 48.5 Å². The third kappa shape index (κ3) is 5.22. The number of piperazine rings is 1. The van der Waals surface area contributed by atoms with Crippen molar-refractivity contribution in [2.75, 3.05) is 37.7 Å². The molecule has 2 aromatic carbocycles. The standard InChI is InChI=1S/C21H25N3O4/c1-17-4-10-20(11-5-17)28-16-2-3-21(25)23-14-12-22(13-15-23)18-6-8-19(9-7-18)24(26)27/h4-11H,2-3,12-16H2,1H3. The zero-order valence-corrected chi connectivity index (χ0v) is 16.0. The van der Waals surface area contributed by atoms with Gasteiger partial charge in [-0.15, -0.1) is 0 Å². The van der Waals surface area contributed by atoms with Crippen LogP contribution in [0, 0.1) is 17.0 Å². The molecule has 1 aliphatic heterocycles. The second-order valence-electron chi connectivity index (χ2n) is 6.91. The van der Waals surface area contributed by atoms with Crippen LogP contribution >= 0.6 is 0 Å². The summed E-state index contributed by atoms with van der Waals surface area (Å²) in [6, 6.07) is 14.4. The number of carbonyl (C=O) groups is 1. The van der Waals surface area contributed by atoms with Crippen LogP contribution in [0.5, 0.6) is 5.75 Å². The number of carbonyl (C=O) groups excluding carboxylic acids is 1. The van der Waals surface area contributed by atoms with E-state index in [-0.39, 0.29) is 11.6 Å². The van der Waals surface area contributed by atoms with Crippen molar-refractivity contribution in [1.29, 1.82) is 0 Å². The third-order valence-electron chi connectivity index (χ3n) is 4.88. The van der Waals surface area contributed by atoms with Gasteiger partial charge in [-0.1, -0.05) is 17.7 Å². The first-order chi connectivity index (χ1) is 13.5. The lowest BCUT2D eigenvalue weighted by Gasteiger charge is -2.36. The van der Waals surface area contributed by atoms with Gasteiger partial charge >= 0.3 is 0 Å². The molecule has 1 saturated heterocycles. The fourth-order valence-corrected chi connectivity index (χ4v) is 3.21. The number of rotatable bonds is 7. The predicted octanol–water partition coefficient (Wildman–Crippen LogP) is 3.41. The molecule has 1 amide bonds. The highest BCUT2D eigenvalue weighted by Gasteiger charge is 2.21. The molecule has 0 radical (unpaired) electrons. The van der Waals surface area contributed by atoms with Crippen LogP contribution in [-0.4, -0.2) is 48.5 Å². The van der Waals surface area contributed by atoms with E-state index in [1.165, 1.54) is 17.7 Å². The molecule has 1 fully saturated rings. The SMILES string of the molecule is Cc1ccc(OCCCC(=O)N2CCN(c3ccc([N+](=O)[O-])cc3)CC2)cc1. The number of nitro benzene ring substituents is 1. The van der Waals surface area contributed by atoms with Crippen LogP contribution in [0.25, 0.3) is 0 Å². The van der Waals surface area contributed by atoms with E-state index in [1.807, 2.05) is 36.1 Å². The number of hydrogen-bond donors (Lipinski definition) is 0. The van der Waals surface area contributed by atoms with E-state index < -0.39 is 4.92 Å². The first kappa shape index (κ1) is 19.7. The van der Waals surface area contributed by atoms with Gasteiger partial charge in [0.15, 0.2) is 0 Å². The van der Waals surface area contributed by atoms with Gasteiger partial charge in [-0.2, -0.15) is 0 Å². The van der Waals surface area contributed by atoms with Gasteiger partial charge in [0.2, 0.25) is 5.91 Å². The molecule has 0 spiro atoms. The Labute approximate surface area is 164 Å². The average Bonchev–Trinajstić information content (AvgIpc) is 2.72. The molecule has 28 heavy (non-hydrogen) atoms. The van der Waals surface area contributed by atoms with E-state index in [1.54, 1.807) is 12.1 Å². The summed E-state index contributed by atoms with van der Waals surface area (Å²) in [6.45, 7) is 5.33. The molecule has 1 heterocycles. The number of benzene rings is 2. The second-order valence-corrected chi connectivity index (χ2v) is 6.91. The maximum Gasteiger partial charge on any atom is 0.269 e. The Balaban J connectivity index is 1.38. The van der Waals surface area contributed by atoms with E-state index in [0.717, 1.165) is 24.5 Å². The van der Waals surface area contributed by atoms with Crippen molar-refractivity contribution in [1.82, 2.24) is 4.90 Å². The zero-order chi connectivity index (χ0) is 19.9. The maximum absolute atomic E-state index is 12.4. The van der Waals surface area contributed by atoms with E-state index in [2.05, 4.69) is 4.90 Å². The number of non-ortho nitro benzene ring substituents is 1. The molecular weight excluding hydrogens is 358 g/mol. The lowest BCUT2D eigenvalue weighted by atomic mass is 10.2. The quantitative estimate of drug-likeness (QED) is 0.416. The summed E-state index contributed by atoms with van der Waals surface area (Å²) in [7, 11) is 0. The van der Waals surface area contributed by atoms with Gasteiger partial charge in [-0.3, -0.25) is 14.9 Å². The molecule has 3 rings (SSSR count). The summed E-state index contributed by atoms with van der Waals surface area (Å²) < 4.78 is 5.67. The molecule has 0 saturated carbocycles. The minimum absolute atomic E-state index is 0.0884. The minimum Gasteiger partial charge on any atom is -0.494 e. The van der Waals surface area contributed by atoms with Gasteiger partial charge < -0.3 is 14.5 Å². The minimum atomic E-state index is -0.400. The molecule has 0 atom stereocenters. The zero-order valence-electron chi connectivity index (χ0n) is 16.0. The Hall–Kier alpha value is -3.09. The fraction of sp³-hybridized carbons (Fsp3) is 0.381. The van der Waals surface area contributed by atoms with Crippen LogP contribution in [0.3, 0.4) is 0 Å². The molecule has 7 heteroatoms. The van der Waals surface area contributed by atoms with Crippen molar-refractivity contribution in [3.63, 3.8) is 0 Å². The predicted molar refractivity (Wildman–Crippen MR) is 108 cm³/mol. The molecule has 0 unspecified atom stereocenters. The Morgan fingerprint density at radius 1 is 1.04 bits per heavy atom. The summed E-state index contributed by atoms with van der Waals surface area (Å²) in [5.41, 5.74) is 2.23. The van der Waals surface area contributed by atoms with Crippen LogP contribution in [-0.2, 0) is 4.79 Å². The molecule has 148 valence electrons. The van der Waals surface area contributed by atoms with Crippen molar-refractivity contribution >= 4 is 17.3 Å². The molecule has 0 bridgehead atoms. The normalized spacial score (nSPS) is 14.0. The molecule has 2 aromatic rings. The van der Waals surface area contributed by atoms with E-state index in [0.29, 0.717) is 32.5 Å². The van der Waals surface area contributed by atoms with Crippen LogP contribution in [0.4, 0.5) is 11.4 Å². The average molecular weight is 383 g/mol. The Bertz CT molecular complexity index is 797. The second kappa shape index (κ2) is 9.21. The van der Waals surface area contributed by atoms with Gasteiger partial charge in [0.05, 0.1) is 11.5 Å². The lowest BCUT2D eigenvalue weighted by molar-refractivity contribution is -0.384. The highest BCUT2D eigenvalue weighted by molar-refractivity contribution is 5.76. The van der Waals surface area contributed by atoms with Gasteiger partial charge in [0.1, 0.15) is 5.75 Å². The number of aryl methyl sites for hydroxylation is 1. The van der Waals surface area contributed by atoms with Crippen molar-refractivity contribution in [2.45, 2.75) is 19.8 Å². The third-order valence-corrected chi connectivity index (χ3v) is 4.88. The number of hydrogen-bond acceptors (Lipinski definition) is 5. The highest BCUT2D eigenvalue weighted by Crippen LogP contribution is 2.21. The van der Waals surface area contributed by atoms with Gasteiger partial charge in [0, 0.05) is 50.4 Å². The monoisotopic (exact) mass is 383 g/mol.